The van der Waals surface area contributed by atoms with Crippen molar-refractivity contribution in [3.05, 3.63) is 5.01 Å². The number of likely N-dealkylation sites (N-methyl/N-ethyl adjacent to an activating group) is 1. The molecule has 1 N–H and O–H groups in total. The second-order valence-corrected chi connectivity index (χ2v) is 10.9. The van der Waals surface area contributed by atoms with Crippen LogP contribution in [0.15, 0.2) is 0 Å². The lowest BCUT2D eigenvalue weighted by atomic mass is 9.98. The Bertz CT molecular complexity index is 656. The molecule has 1 aromatic heterocycles. The minimum absolute atomic E-state index is 0.0869. The van der Waals surface area contributed by atoms with Gasteiger partial charge in [0.2, 0.25) is 5.13 Å². The molecule has 2 atom stereocenters. The van der Waals surface area contributed by atoms with Gasteiger partial charge in [-0.3, -0.25) is 5.32 Å². The van der Waals surface area contributed by atoms with Crippen LogP contribution in [0.1, 0.15) is 104 Å². The fraction of sp³-hybridized carbons (Fsp3) is 0.875. The van der Waals surface area contributed by atoms with Crippen LogP contribution in [0, 0.1) is 0 Å². The van der Waals surface area contributed by atoms with E-state index in [0.29, 0.717) is 11.7 Å². The van der Waals surface area contributed by atoms with E-state index in [1.165, 1.54) is 62.7 Å². The molecule has 0 spiro atoms. The lowest BCUT2D eigenvalue weighted by Gasteiger charge is -2.20. The first kappa shape index (κ1) is 27.0. The summed E-state index contributed by atoms with van der Waals surface area (Å²) in [6.07, 6.45) is 11.8. The summed E-state index contributed by atoms with van der Waals surface area (Å²) >= 11 is 1.41. The lowest BCUT2D eigenvalue weighted by molar-refractivity contribution is -0.0758. The van der Waals surface area contributed by atoms with Gasteiger partial charge >= 0.3 is 6.03 Å². The number of urea groups is 1. The lowest BCUT2D eigenvalue weighted by Crippen LogP contribution is -2.38. The first-order chi connectivity index (χ1) is 15.2. The Balaban J connectivity index is 1.85. The highest BCUT2D eigenvalue weighted by Crippen LogP contribution is 2.29. The molecule has 2 amide bonds. The van der Waals surface area contributed by atoms with Gasteiger partial charge in [0.25, 0.3) is 0 Å². The van der Waals surface area contributed by atoms with E-state index in [2.05, 4.69) is 50.1 Å². The molecule has 2 unspecified atom stereocenters. The molecule has 1 aliphatic heterocycles. The number of anilines is 1. The molecule has 0 aromatic carbocycles. The maximum absolute atomic E-state index is 12.7. The minimum Gasteiger partial charge on any atom is -0.345 e. The maximum Gasteiger partial charge on any atom is 0.323 e. The predicted molar refractivity (Wildman–Crippen MR) is 131 cm³/mol. The fourth-order valence-corrected chi connectivity index (χ4v) is 4.60. The zero-order valence-electron chi connectivity index (χ0n) is 21.0. The van der Waals surface area contributed by atoms with Crippen molar-refractivity contribution in [2.45, 2.75) is 123 Å². The molecule has 0 aliphatic carbocycles. The quantitative estimate of drug-likeness (QED) is 0.341. The number of ether oxygens (including phenoxy) is 2. The first-order valence-corrected chi connectivity index (χ1v) is 13.2. The zero-order valence-corrected chi connectivity index (χ0v) is 21.8. The molecule has 1 fully saturated rings. The van der Waals surface area contributed by atoms with E-state index < -0.39 is 0 Å². The van der Waals surface area contributed by atoms with Crippen molar-refractivity contribution in [3.8, 4) is 0 Å². The molecular formula is C24H44N4O3S. The summed E-state index contributed by atoms with van der Waals surface area (Å²) in [6.45, 7) is 11.1. The third kappa shape index (κ3) is 8.94. The van der Waals surface area contributed by atoms with E-state index in [4.69, 9.17) is 9.47 Å². The van der Waals surface area contributed by atoms with Crippen molar-refractivity contribution in [1.82, 2.24) is 15.1 Å². The Morgan fingerprint density at radius 3 is 2.00 bits per heavy atom. The Hall–Kier alpha value is -1.25. The molecule has 2 rings (SSSR count). The summed E-state index contributed by atoms with van der Waals surface area (Å²) in [5.41, 5.74) is -0.0869. The van der Waals surface area contributed by atoms with E-state index in [-0.39, 0.29) is 29.9 Å². The summed E-state index contributed by atoms with van der Waals surface area (Å²) in [5, 5.41) is 12.6. The van der Waals surface area contributed by atoms with Crippen LogP contribution in [0.2, 0.25) is 0 Å². The molecule has 8 heteroatoms. The number of nitrogens with one attached hydrogen (secondary N) is 1. The van der Waals surface area contributed by atoms with Gasteiger partial charge < -0.3 is 14.4 Å². The van der Waals surface area contributed by atoms with Crippen molar-refractivity contribution >= 4 is 22.5 Å². The van der Waals surface area contributed by atoms with Gasteiger partial charge in [-0.25, -0.2) is 4.79 Å². The topological polar surface area (TPSA) is 76.6 Å². The number of hydrogen-bond donors (Lipinski definition) is 1. The van der Waals surface area contributed by atoms with Crippen LogP contribution in [-0.2, 0) is 14.9 Å². The third-order valence-corrected chi connectivity index (χ3v) is 7.07. The van der Waals surface area contributed by atoms with Gasteiger partial charge in [-0.1, -0.05) is 97.3 Å². The van der Waals surface area contributed by atoms with Crippen molar-refractivity contribution in [3.63, 3.8) is 0 Å². The average Bonchev–Trinajstić information content (AvgIpc) is 3.35. The molecule has 1 aliphatic rings. The van der Waals surface area contributed by atoms with E-state index in [0.717, 1.165) is 17.8 Å². The molecule has 1 saturated heterocycles. The number of rotatable bonds is 13. The summed E-state index contributed by atoms with van der Waals surface area (Å²) in [6, 6.07) is -0.222. The fourth-order valence-electron chi connectivity index (χ4n) is 3.81. The maximum atomic E-state index is 12.7. The Morgan fingerprint density at radius 2 is 1.53 bits per heavy atom. The van der Waals surface area contributed by atoms with Crippen LogP contribution in [0.3, 0.4) is 0 Å². The Labute approximate surface area is 198 Å². The van der Waals surface area contributed by atoms with Gasteiger partial charge in [0, 0.05) is 12.5 Å². The number of nitrogens with zero attached hydrogens (tertiary/aromatic N) is 3. The van der Waals surface area contributed by atoms with E-state index in [9.17, 15) is 4.79 Å². The van der Waals surface area contributed by atoms with Gasteiger partial charge in [0.05, 0.1) is 18.8 Å². The number of carbonyl (C=O) groups is 1. The van der Waals surface area contributed by atoms with Crippen LogP contribution < -0.4 is 5.32 Å². The highest BCUT2D eigenvalue weighted by molar-refractivity contribution is 7.15. The summed E-state index contributed by atoms with van der Waals surface area (Å²) < 4.78 is 12.5. The van der Waals surface area contributed by atoms with Gasteiger partial charge in [-0.05, 0) is 12.8 Å². The van der Waals surface area contributed by atoms with E-state index >= 15 is 0 Å². The second-order valence-electron chi connectivity index (χ2n) is 9.95. The number of aromatic nitrogens is 2. The number of carbonyl (C=O) groups excluding carboxylic acids is 1. The highest BCUT2D eigenvalue weighted by atomic mass is 32.1. The standard InChI is InChI=1S/C24H44N4O3S/c1-7-9-11-13-15-18-19(16-14-12-10-8-2)31-20(30-18)17-28(6)23(29)25-22-27-26-21(32-22)24(3,4)5/h18-20H,7-17H2,1-6H3,(H,25,27,29). The molecule has 7 nitrogen and oxygen atoms in total. The van der Waals surface area contributed by atoms with Gasteiger partial charge in [-0.15, -0.1) is 10.2 Å². The molecule has 0 bridgehead atoms. The Morgan fingerprint density at radius 1 is 0.969 bits per heavy atom. The van der Waals surface area contributed by atoms with Gasteiger partial charge in [-0.2, -0.15) is 0 Å². The average molecular weight is 469 g/mol. The Kier molecular flexibility index (Phi) is 11.4. The highest BCUT2D eigenvalue weighted by Gasteiger charge is 2.36. The monoisotopic (exact) mass is 468 g/mol. The van der Waals surface area contributed by atoms with E-state index in [1.54, 1.807) is 11.9 Å². The largest absolute Gasteiger partial charge is 0.345 e. The van der Waals surface area contributed by atoms with Crippen molar-refractivity contribution in [1.29, 1.82) is 0 Å². The summed E-state index contributed by atoms with van der Waals surface area (Å²) in [4.78, 5) is 14.3. The van der Waals surface area contributed by atoms with Gasteiger partial charge in [0.15, 0.2) is 6.29 Å². The normalized spacial score (nSPS) is 21.1. The van der Waals surface area contributed by atoms with Gasteiger partial charge in [0.1, 0.15) is 5.01 Å². The van der Waals surface area contributed by atoms with E-state index in [1.807, 2.05) is 0 Å². The molecule has 0 radical (unpaired) electrons. The number of amides is 2. The molecule has 2 heterocycles. The van der Waals surface area contributed by atoms with Crippen molar-refractivity contribution < 1.29 is 14.3 Å². The van der Waals surface area contributed by atoms with Crippen LogP contribution in [0.25, 0.3) is 0 Å². The molecule has 0 saturated carbocycles. The molecule has 32 heavy (non-hydrogen) atoms. The molecule has 1 aromatic rings. The molecule has 184 valence electrons. The third-order valence-electron chi connectivity index (χ3n) is 5.80. The zero-order chi connectivity index (χ0) is 23.6. The second kappa shape index (κ2) is 13.5. The smallest absolute Gasteiger partial charge is 0.323 e. The summed E-state index contributed by atoms with van der Waals surface area (Å²) in [7, 11) is 1.76. The first-order valence-electron chi connectivity index (χ1n) is 12.4. The number of hydrogen-bond acceptors (Lipinski definition) is 6. The van der Waals surface area contributed by atoms with Crippen LogP contribution in [0.5, 0.6) is 0 Å². The van der Waals surface area contributed by atoms with Crippen molar-refractivity contribution in [2.75, 3.05) is 18.9 Å². The summed E-state index contributed by atoms with van der Waals surface area (Å²) in [5.74, 6) is 0. The minimum atomic E-state index is -0.377. The van der Waals surface area contributed by atoms with Crippen LogP contribution in [-0.4, -0.2) is 53.2 Å². The van der Waals surface area contributed by atoms with Crippen molar-refractivity contribution in [2.24, 2.45) is 0 Å². The molecular weight excluding hydrogens is 424 g/mol. The van der Waals surface area contributed by atoms with Crippen LogP contribution >= 0.6 is 11.3 Å². The SMILES string of the molecule is CCCCCCC1OC(CN(C)C(=O)Nc2nnc(C(C)(C)C)s2)OC1CCCCCC. The van der Waals surface area contributed by atoms with Crippen LogP contribution in [0.4, 0.5) is 9.93 Å². The number of unbranched alkanes of at least 4 members (excludes halogenated alkanes) is 6. The predicted octanol–water partition coefficient (Wildman–Crippen LogP) is 6.35.